The third kappa shape index (κ3) is 4.82. The first kappa shape index (κ1) is 23.4. The molecule has 1 aliphatic rings. The second kappa shape index (κ2) is 8.73. The van der Waals surface area contributed by atoms with Gasteiger partial charge in [0.1, 0.15) is 23.2 Å². The maximum absolute atomic E-state index is 14.2. The smallest absolute Gasteiger partial charge is 0.221 e. The predicted molar refractivity (Wildman–Crippen MR) is 118 cm³/mol. The van der Waals surface area contributed by atoms with Crippen LogP contribution in [0.15, 0.2) is 31.0 Å². The Morgan fingerprint density at radius 3 is 2.53 bits per heavy atom. The van der Waals surface area contributed by atoms with E-state index in [1.807, 2.05) is 20.8 Å². The van der Waals surface area contributed by atoms with Gasteiger partial charge in [-0.2, -0.15) is 0 Å². The molecule has 2 atom stereocenters. The average Bonchev–Trinajstić information content (AvgIpc) is 2.92. The van der Waals surface area contributed by atoms with E-state index in [1.54, 1.807) is 19.1 Å². The van der Waals surface area contributed by atoms with Gasteiger partial charge in [0.25, 0.3) is 0 Å². The molecule has 32 heavy (non-hydrogen) atoms. The van der Waals surface area contributed by atoms with E-state index in [9.17, 15) is 23.2 Å². The van der Waals surface area contributed by atoms with Crippen LogP contribution in [-0.4, -0.2) is 28.0 Å². The summed E-state index contributed by atoms with van der Waals surface area (Å²) >= 11 is 0. The number of rotatable bonds is 5. The van der Waals surface area contributed by atoms with Gasteiger partial charge < -0.3 is 5.32 Å². The molecule has 1 aromatic heterocycles. The monoisotopic (exact) mass is 440 g/mol. The van der Waals surface area contributed by atoms with Crippen molar-refractivity contribution in [2.24, 2.45) is 5.92 Å². The highest BCUT2D eigenvalue weighted by Gasteiger charge is 2.44. The number of halogens is 2. The number of hydrogen-bond acceptors (Lipinski definition) is 4. The standard InChI is InChI=1S/C25H26F2N2O3/c1-6-14-8-15(23-18(27)11-17(26)12-28-23)7-13(2)21(14)22-19(30)9-16(24(22)32)10-20(31)29-25(3,4)5/h6-8,11-12,16,22H,1,9-10H2,2-5H3,(H,29,31). The van der Waals surface area contributed by atoms with Crippen molar-refractivity contribution in [1.29, 1.82) is 0 Å². The second-order valence-electron chi connectivity index (χ2n) is 9.19. The van der Waals surface area contributed by atoms with Gasteiger partial charge in [0.15, 0.2) is 11.6 Å². The van der Waals surface area contributed by atoms with Crippen LogP contribution in [0.5, 0.6) is 0 Å². The molecule has 0 bridgehead atoms. The molecule has 1 amide bonds. The van der Waals surface area contributed by atoms with E-state index in [2.05, 4.69) is 16.9 Å². The number of hydrogen-bond donors (Lipinski definition) is 1. The summed E-state index contributed by atoms with van der Waals surface area (Å²) in [5, 5.41) is 2.82. The van der Waals surface area contributed by atoms with Gasteiger partial charge in [-0.3, -0.25) is 19.4 Å². The Hall–Kier alpha value is -3.22. The third-order valence-corrected chi connectivity index (χ3v) is 5.41. The SMILES string of the molecule is C=Cc1cc(-c2ncc(F)cc2F)cc(C)c1C1C(=O)CC(CC(=O)NC(C)(C)C)C1=O. The van der Waals surface area contributed by atoms with Crippen LogP contribution in [0.2, 0.25) is 0 Å². The van der Waals surface area contributed by atoms with Crippen molar-refractivity contribution in [3.63, 3.8) is 0 Å². The zero-order chi connectivity index (χ0) is 23.8. The van der Waals surface area contributed by atoms with Crippen LogP contribution >= 0.6 is 0 Å². The van der Waals surface area contributed by atoms with Crippen molar-refractivity contribution in [3.8, 4) is 11.3 Å². The maximum atomic E-state index is 14.2. The van der Waals surface area contributed by atoms with Gasteiger partial charge in [0, 0.05) is 35.9 Å². The number of Topliss-reactive ketones (excluding diaryl/α,β-unsaturated/α-hetero) is 2. The number of carbonyl (C=O) groups is 3. The Morgan fingerprint density at radius 2 is 1.94 bits per heavy atom. The van der Waals surface area contributed by atoms with Gasteiger partial charge in [-0.05, 0) is 56.5 Å². The lowest BCUT2D eigenvalue weighted by atomic mass is 9.85. The summed E-state index contributed by atoms with van der Waals surface area (Å²) < 4.78 is 27.5. The topological polar surface area (TPSA) is 76.1 Å². The molecule has 1 fully saturated rings. The van der Waals surface area contributed by atoms with Crippen molar-refractivity contribution in [2.75, 3.05) is 0 Å². The highest BCUT2D eigenvalue weighted by atomic mass is 19.1. The molecule has 5 nitrogen and oxygen atoms in total. The predicted octanol–water partition coefficient (Wildman–Crippen LogP) is 4.52. The first-order chi connectivity index (χ1) is 14.9. The number of aryl methyl sites for hydroxylation is 1. The van der Waals surface area contributed by atoms with Crippen molar-refractivity contribution in [1.82, 2.24) is 10.3 Å². The average molecular weight is 440 g/mol. The van der Waals surface area contributed by atoms with Crippen molar-refractivity contribution in [3.05, 3.63) is 59.3 Å². The molecule has 0 spiro atoms. The number of ketones is 2. The van der Waals surface area contributed by atoms with Crippen molar-refractivity contribution in [2.45, 2.75) is 52.0 Å². The Kier molecular flexibility index (Phi) is 6.39. The summed E-state index contributed by atoms with van der Waals surface area (Å²) in [5.74, 6) is -4.13. The fourth-order valence-corrected chi connectivity index (χ4v) is 4.18. The summed E-state index contributed by atoms with van der Waals surface area (Å²) in [6.07, 6.45) is 2.36. The van der Waals surface area contributed by atoms with E-state index in [4.69, 9.17) is 0 Å². The largest absolute Gasteiger partial charge is 0.351 e. The van der Waals surface area contributed by atoms with Gasteiger partial charge in [-0.1, -0.05) is 12.7 Å². The molecule has 1 N–H and O–H groups in total. The zero-order valence-corrected chi connectivity index (χ0v) is 18.6. The third-order valence-electron chi connectivity index (χ3n) is 5.41. The normalized spacial score (nSPS) is 18.7. The van der Waals surface area contributed by atoms with Crippen LogP contribution in [-0.2, 0) is 14.4 Å². The summed E-state index contributed by atoms with van der Waals surface area (Å²) in [6, 6.07) is 3.95. The van der Waals surface area contributed by atoms with E-state index in [1.165, 1.54) is 6.08 Å². The summed E-state index contributed by atoms with van der Waals surface area (Å²) in [5.41, 5.74) is 1.50. The number of nitrogens with one attached hydrogen (secondary N) is 1. The van der Waals surface area contributed by atoms with Gasteiger partial charge in [0.2, 0.25) is 5.91 Å². The lowest BCUT2D eigenvalue weighted by Gasteiger charge is -2.21. The van der Waals surface area contributed by atoms with Crippen LogP contribution in [0.25, 0.3) is 17.3 Å². The molecule has 1 heterocycles. The molecule has 1 aromatic carbocycles. The molecular formula is C25H26F2N2O3. The number of nitrogens with zero attached hydrogens (tertiary/aromatic N) is 1. The van der Waals surface area contributed by atoms with Gasteiger partial charge in [-0.15, -0.1) is 0 Å². The first-order valence-corrected chi connectivity index (χ1v) is 10.4. The molecule has 0 radical (unpaired) electrons. The van der Waals surface area contributed by atoms with Crippen LogP contribution in [0, 0.1) is 24.5 Å². The minimum atomic E-state index is -1.00. The first-order valence-electron chi connectivity index (χ1n) is 10.4. The molecule has 7 heteroatoms. The molecule has 0 saturated heterocycles. The molecule has 1 saturated carbocycles. The quantitative estimate of drug-likeness (QED) is 0.694. The highest BCUT2D eigenvalue weighted by molar-refractivity contribution is 6.16. The fourth-order valence-electron chi connectivity index (χ4n) is 4.18. The highest BCUT2D eigenvalue weighted by Crippen LogP contribution is 2.39. The lowest BCUT2D eigenvalue weighted by Crippen LogP contribution is -2.41. The lowest BCUT2D eigenvalue weighted by molar-refractivity contribution is -0.129. The van der Waals surface area contributed by atoms with Gasteiger partial charge >= 0.3 is 0 Å². The number of amides is 1. The van der Waals surface area contributed by atoms with E-state index in [0.29, 0.717) is 22.3 Å². The molecule has 1 aliphatic carbocycles. The Labute approximate surface area is 185 Å². The van der Waals surface area contributed by atoms with E-state index >= 15 is 0 Å². The molecular weight excluding hydrogens is 414 g/mol. The van der Waals surface area contributed by atoms with Crippen LogP contribution in [0.4, 0.5) is 8.78 Å². The number of aromatic nitrogens is 1. The molecule has 2 unspecified atom stereocenters. The van der Waals surface area contributed by atoms with Crippen LogP contribution in [0.3, 0.4) is 0 Å². The minimum Gasteiger partial charge on any atom is -0.351 e. The van der Waals surface area contributed by atoms with E-state index in [-0.39, 0.29) is 36.0 Å². The molecule has 3 rings (SSSR count). The Morgan fingerprint density at radius 1 is 1.25 bits per heavy atom. The van der Waals surface area contributed by atoms with Gasteiger partial charge in [0.05, 0.1) is 6.20 Å². The fraction of sp³-hybridized carbons (Fsp3) is 0.360. The second-order valence-corrected chi connectivity index (χ2v) is 9.19. The maximum Gasteiger partial charge on any atom is 0.221 e. The Balaban J connectivity index is 1.95. The number of pyridine rings is 1. The zero-order valence-electron chi connectivity index (χ0n) is 18.6. The summed E-state index contributed by atoms with van der Waals surface area (Å²) in [4.78, 5) is 42.1. The van der Waals surface area contributed by atoms with Gasteiger partial charge in [-0.25, -0.2) is 8.78 Å². The number of carbonyl (C=O) groups excluding carboxylic acids is 3. The molecule has 168 valence electrons. The van der Waals surface area contributed by atoms with Crippen molar-refractivity contribution >= 4 is 23.5 Å². The van der Waals surface area contributed by atoms with E-state index in [0.717, 1.165) is 12.3 Å². The summed E-state index contributed by atoms with van der Waals surface area (Å²) in [7, 11) is 0. The Bertz CT molecular complexity index is 1120. The molecule has 0 aliphatic heterocycles. The van der Waals surface area contributed by atoms with E-state index < -0.39 is 29.0 Å². The van der Waals surface area contributed by atoms with Crippen LogP contribution < -0.4 is 5.32 Å². The minimum absolute atomic E-state index is 0.00696. The number of benzene rings is 1. The molecule has 2 aromatic rings. The van der Waals surface area contributed by atoms with Crippen molar-refractivity contribution < 1.29 is 23.2 Å². The van der Waals surface area contributed by atoms with Crippen LogP contribution in [0.1, 0.15) is 56.2 Å². The summed E-state index contributed by atoms with van der Waals surface area (Å²) in [6.45, 7) is 11.0.